The first-order valence-electron chi connectivity index (χ1n) is 20.8. The van der Waals surface area contributed by atoms with Gasteiger partial charge in [-0.25, -0.2) is 0 Å². The van der Waals surface area contributed by atoms with E-state index in [0.717, 1.165) is 12.2 Å². The molecule has 1 aromatic carbocycles. The number of unbranched alkanes of at least 4 members (excludes halogenated alkanes) is 1. The summed E-state index contributed by atoms with van der Waals surface area (Å²) in [6, 6.07) is 9.08. The molecule has 2 aliphatic rings. The lowest BCUT2D eigenvalue weighted by Gasteiger charge is -2.47. The van der Waals surface area contributed by atoms with Crippen molar-refractivity contribution in [2.24, 2.45) is 28.8 Å². The van der Waals surface area contributed by atoms with Crippen molar-refractivity contribution in [1.82, 2.24) is 4.90 Å². The number of hydrogen-bond donors (Lipinski definition) is 4. The highest BCUT2D eigenvalue weighted by molar-refractivity contribution is 5.88. The molecule has 1 unspecified atom stereocenters. The maximum Gasteiger partial charge on any atom is 0.312 e. The predicted molar refractivity (Wildman–Crippen MR) is 215 cm³/mol. The topological polar surface area (TPSA) is 186 Å². The molecule has 0 radical (unpaired) electrons. The fourth-order valence-corrected chi connectivity index (χ4v) is 8.27. The van der Waals surface area contributed by atoms with E-state index in [9.17, 15) is 30.0 Å². The molecule has 1 aromatic rings. The Morgan fingerprint density at radius 3 is 2.26 bits per heavy atom. The Bertz CT molecular complexity index is 1410. The van der Waals surface area contributed by atoms with E-state index in [1.54, 1.807) is 34.6 Å². The number of aliphatic hydroxyl groups is 4. The number of para-hydroxylation sites is 1. The zero-order chi connectivity index (χ0) is 42.7. The minimum atomic E-state index is -1.95. The zero-order valence-electron chi connectivity index (χ0n) is 36.1. The van der Waals surface area contributed by atoms with Crippen LogP contribution in [0.4, 0.5) is 0 Å². The Labute approximate surface area is 340 Å². The highest BCUT2D eigenvalue weighted by Gasteiger charge is 2.52. The number of aliphatic hydroxyl groups excluding tert-OH is 2. The molecule has 14 nitrogen and oxygen atoms in total. The van der Waals surface area contributed by atoms with E-state index in [4.69, 9.17) is 28.5 Å². The molecule has 57 heavy (non-hydrogen) atoms. The van der Waals surface area contributed by atoms with Crippen LogP contribution < -0.4 is 4.74 Å². The van der Waals surface area contributed by atoms with Gasteiger partial charge in [0.25, 0.3) is 0 Å². The lowest BCUT2D eigenvalue weighted by atomic mass is 9.73. The monoisotopic (exact) mass is 809 g/mol. The zero-order valence-corrected chi connectivity index (χ0v) is 36.1. The van der Waals surface area contributed by atoms with Gasteiger partial charge >= 0.3 is 11.9 Å². The summed E-state index contributed by atoms with van der Waals surface area (Å²) in [5, 5.41) is 52.4. The third-order valence-corrected chi connectivity index (χ3v) is 11.6. The molecule has 14 heteroatoms. The second kappa shape index (κ2) is 22.0. The van der Waals surface area contributed by atoms with Crippen LogP contribution in [0.2, 0.25) is 0 Å². The van der Waals surface area contributed by atoms with Crippen molar-refractivity contribution < 1.29 is 58.5 Å². The number of carbonyl (C=O) groups excluding carboxylic acids is 2. The van der Waals surface area contributed by atoms with Gasteiger partial charge in [0, 0.05) is 36.6 Å². The third kappa shape index (κ3) is 13.1. The van der Waals surface area contributed by atoms with Crippen LogP contribution in [0.3, 0.4) is 0 Å². The van der Waals surface area contributed by atoms with Gasteiger partial charge < -0.3 is 53.8 Å². The normalized spacial score (nSPS) is 38.0. The van der Waals surface area contributed by atoms with Gasteiger partial charge in [-0.3, -0.25) is 9.59 Å². The average molecular weight is 809 g/mol. The molecule has 0 aliphatic carbocycles. The summed E-state index contributed by atoms with van der Waals surface area (Å²) >= 11 is 0. The summed E-state index contributed by atoms with van der Waals surface area (Å²) in [5.74, 6) is -3.94. The van der Waals surface area contributed by atoms with Crippen molar-refractivity contribution in [2.45, 2.75) is 167 Å². The molecular formula is C43H72N2O12. The van der Waals surface area contributed by atoms with Crippen LogP contribution in [-0.2, 0) is 33.4 Å². The Balaban J connectivity index is 2.10. The molecule has 4 N–H and O–H groups in total. The largest absolute Gasteiger partial charge is 0.493 e. The smallest absolute Gasteiger partial charge is 0.312 e. The molecule has 3 rings (SSSR count). The lowest BCUT2D eigenvalue weighted by Crippen LogP contribution is -2.60. The van der Waals surface area contributed by atoms with E-state index in [1.807, 2.05) is 70.1 Å². The molecule has 2 aliphatic heterocycles. The highest BCUT2D eigenvalue weighted by atomic mass is 16.7. The quantitative estimate of drug-likeness (QED) is 0.113. The molecule has 0 spiro atoms. The number of cyclic esters (lactones) is 1. The second-order valence-corrected chi connectivity index (χ2v) is 17.0. The maximum absolute atomic E-state index is 14.1. The predicted octanol–water partition coefficient (Wildman–Crippen LogP) is 4.87. The number of ether oxygens (including phenoxy) is 5. The molecule has 0 bridgehead atoms. The van der Waals surface area contributed by atoms with Gasteiger partial charge in [-0.15, -0.1) is 0 Å². The van der Waals surface area contributed by atoms with Gasteiger partial charge in [-0.05, 0) is 79.6 Å². The van der Waals surface area contributed by atoms with Crippen molar-refractivity contribution in [2.75, 3.05) is 27.3 Å². The first-order valence-corrected chi connectivity index (χ1v) is 20.8. The van der Waals surface area contributed by atoms with E-state index >= 15 is 0 Å². The van der Waals surface area contributed by atoms with Gasteiger partial charge in [0.15, 0.2) is 6.29 Å². The van der Waals surface area contributed by atoms with E-state index in [0.29, 0.717) is 31.6 Å². The molecule has 14 atom stereocenters. The Kier molecular flexibility index (Phi) is 18.7. The maximum atomic E-state index is 14.1. The van der Waals surface area contributed by atoms with Crippen LogP contribution in [0, 0.1) is 23.7 Å². The standard InChI is InChI=1S/C43H72N2O12/c1-12-14-21-34(46)56-37-29(6)39(57-41-36(47)32(45(10)11)24-27(4)54-41)42(8,50)25-26(3)35(44-53-23-18-22-52-31-19-16-15-17-20-31)28(5)38(48)43(9,51)33(13-2)55-40(49)30(37)7/h15-17,19-20,26-30,32-33,36-39,41,47-48,50-51H,12-14,18,21-25H2,1-11H3/b44-35+/t26-,27-,28-,29+,30-,32+,33+,36-,37+,38-,39-,41+,42?,43-/m1/s1. The van der Waals surface area contributed by atoms with Gasteiger partial charge in [0.05, 0.1) is 42.1 Å². The first kappa shape index (κ1) is 48.5. The Morgan fingerprint density at radius 2 is 1.65 bits per heavy atom. The Hall–Kier alpha value is -2.85. The van der Waals surface area contributed by atoms with Crippen molar-refractivity contribution in [3.63, 3.8) is 0 Å². The van der Waals surface area contributed by atoms with Crippen molar-refractivity contribution in [1.29, 1.82) is 0 Å². The lowest BCUT2D eigenvalue weighted by molar-refractivity contribution is -0.299. The van der Waals surface area contributed by atoms with Crippen LogP contribution in [0.15, 0.2) is 35.5 Å². The molecule has 2 saturated heterocycles. The molecule has 2 heterocycles. The summed E-state index contributed by atoms with van der Waals surface area (Å²) in [6.45, 7) is 16.0. The molecular weight excluding hydrogens is 736 g/mol. The highest BCUT2D eigenvalue weighted by Crippen LogP contribution is 2.39. The third-order valence-electron chi connectivity index (χ3n) is 11.6. The number of esters is 2. The van der Waals surface area contributed by atoms with Crippen molar-refractivity contribution in [3.05, 3.63) is 30.3 Å². The van der Waals surface area contributed by atoms with Crippen LogP contribution in [-0.4, -0.2) is 130 Å². The summed E-state index contributed by atoms with van der Waals surface area (Å²) in [4.78, 5) is 35.1. The summed E-state index contributed by atoms with van der Waals surface area (Å²) in [6.07, 6.45) is -4.95. The molecule has 0 amide bonds. The van der Waals surface area contributed by atoms with Gasteiger partial charge in [-0.1, -0.05) is 64.4 Å². The minimum absolute atomic E-state index is 0.0114. The van der Waals surface area contributed by atoms with Crippen molar-refractivity contribution in [3.8, 4) is 5.75 Å². The first-order chi connectivity index (χ1) is 26.8. The SMILES string of the molecule is CCCCC(=O)O[C@H]1[C@H](C)[C@@H](O[C@@H]2O[C@H](C)C[C@H](N(C)C)[C@H]2O)C(C)(O)C[C@@H](C)/C(=N\OCCCOc2ccccc2)[C@@H](C)[C@@H](O)[C@](C)(O)[C@H](CC)OC(=O)[C@@H]1C. The van der Waals surface area contributed by atoms with Crippen LogP contribution in [0.25, 0.3) is 0 Å². The minimum Gasteiger partial charge on any atom is -0.493 e. The van der Waals surface area contributed by atoms with Gasteiger partial charge in [0.2, 0.25) is 0 Å². The fourth-order valence-electron chi connectivity index (χ4n) is 8.27. The van der Waals surface area contributed by atoms with Crippen LogP contribution in [0.5, 0.6) is 5.75 Å². The number of rotatable bonds is 14. The van der Waals surface area contributed by atoms with Gasteiger partial charge in [0.1, 0.15) is 36.3 Å². The fraction of sp³-hybridized carbons (Fsp3) is 0.791. The summed E-state index contributed by atoms with van der Waals surface area (Å²) < 4.78 is 30.7. The number of hydrogen-bond acceptors (Lipinski definition) is 14. The number of likely N-dealkylation sites (N-methyl/N-ethyl adjacent to an activating group) is 1. The number of nitrogens with zero attached hydrogens (tertiary/aromatic N) is 2. The van der Waals surface area contributed by atoms with E-state index < -0.39 is 83.6 Å². The summed E-state index contributed by atoms with van der Waals surface area (Å²) in [7, 11) is 3.72. The Morgan fingerprint density at radius 1 is 0.982 bits per heavy atom. The number of oxime groups is 1. The average Bonchev–Trinajstić information content (AvgIpc) is 3.16. The second-order valence-electron chi connectivity index (χ2n) is 17.0. The van der Waals surface area contributed by atoms with Crippen LogP contribution >= 0.6 is 0 Å². The molecule has 0 saturated carbocycles. The van der Waals surface area contributed by atoms with E-state index in [-0.39, 0.29) is 38.0 Å². The molecule has 0 aromatic heterocycles. The van der Waals surface area contributed by atoms with Crippen LogP contribution in [0.1, 0.15) is 107 Å². The van der Waals surface area contributed by atoms with Crippen molar-refractivity contribution >= 4 is 17.7 Å². The summed E-state index contributed by atoms with van der Waals surface area (Å²) in [5.41, 5.74) is -3.34. The van der Waals surface area contributed by atoms with Gasteiger partial charge in [-0.2, -0.15) is 0 Å². The molecule has 2 fully saturated rings. The molecule has 326 valence electrons. The number of carbonyl (C=O) groups is 2. The van der Waals surface area contributed by atoms with E-state index in [2.05, 4.69) is 5.16 Å². The van der Waals surface area contributed by atoms with E-state index in [1.165, 1.54) is 6.92 Å². The number of benzene rings is 1.